The highest BCUT2D eigenvalue weighted by atomic mass is 28.3. The number of nitrogens with zero attached hydrogens (tertiary/aromatic N) is 2. The molecule has 1 aromatic rings. The van der Waals surface area contributed by atoms with Crippen LogP contribution < -0.4 is 15.4 Å². The van der Waals surface area contributed by atoms with Gasteiger partial charge in [-0.2, -0.15) is 0 Å². The minimum absolute atomic E-state index is 0.00701. The Labute approximate surface area is 155 Å². The highest BCUT2D eigenvalue weighted by Gasteiger charge is 2.23. The Balaban J connectivity index is 2.05. The zero-order valence-electron chi connectivity index (χ0n) is 15.7. The summed E-state index contributed by atoms with van der Waals surface area (Å²) in [7, 11) is -1.24. The van der Waals surface area contributed by atoms with Crippen molar-refractivity contribution in [2.75, 3.05) is 37.2 Å². The first-order valence-electron chi connectivity index (χ1n) is 8.85. The number of pyridine rings is 1. The van der Waals surface area contributed by atoms with E-state index in [2.05, 4.69) is 24.6 Å². The maximum absolute atomic E-state index is 11.6. The number of nitrogen functional groups attached to an aromatic ring is 1. The second-order valence-electron chi connectivity index (χ2n) is 7.53. The molecule has 3 N–H and O–H groups in total. The first-order valence-corrected chi connectivity index (χ1v) is 12.6. The number of nitrogens with two attached hydrogens (primary N) is 1. The molecule has 1 fully saturated rings. The molecule has 9 heteroatoms. The highest BCUT2D eigenvalue weighted by Crippen LogP contribution is 2.32. The fourth-order valence-corrected chi connectivity index (χ4v) is 3.23. The van der Waals surface area contributed by atoms with Crippen molar-refractivity contribution in [3.63, 3.8) is 0 Å². The molecule has 0 aromatic carbocycles. The minimum Gasteiger partial charge on any atom is -0.488 e. The van der Waals surface area contributed by atoms with Gasteiger partial charge in [0.15, 0.2) is 5.82 Å². The summed E-state index contributed by atoms with van der Waals surface area (Å²) in [6.07, 6.45) is 1.89. The van der Waals surface area contributed by atoms with Crippen molar-refractivity contribution in [3.05, 3.63) is 12.3 Å². The van der Waals surface area contributed by atoms with Crippen LogP contribution in [0.1, 0.15) is 12.8 Å². The molecule has 0 radical (unpaired) electrons. The lowest BCUT2D eigenvalue weighted by atomic mass is 10.1. The summed E-state index contributed by atoms with van der Waals surface area (Å²) in [5, 5.41) is 9.52. The summed E-state index contributed by atoms with van der Waals surface area (Å²) in [5.74, 6) is 0.574. The van der Waals surface area contributed by atoms with Gasteiger partial charge in [0.2, 0.25) is 0 Å². The Hall–Kier alpha value is -1.84. The number of hydrogen-bond acceptors (Lipinski definition) is 6. The third-order valence-corrected chi connectivity index (χ3v) is 5.80. The summed E-state index contributed by atoms with van der Waals surface area (Å²) in [6, 6.07) is 2.61. The maximum Gasteiger partial charge on any atom is 0.415 e. The molecule has 1 aromatic heterocycles. The Kier molecular flexibility index (Phi) is 7.24. The first kappa shape index (κ1) is 20.5. The van der Waals surface area contributed by atoms with Crippen molar-refractivity contribution in [1.82, 2.24) is 4.98 Å². The predicted molar refractivity (Wildman–Crippen MR) is 103 cm³/mol. The zero-order valence-corrected chi connectivity index (χ0v) is 16.7. The molecule has 1 amide bonds. The van der Waals surface area contributed by atoms with E-state index in [0.717, 1.165) is 23.8 Å². The zero-order chi connectivity index (χ0) is 19.2. The molecule has 0 bridgehead atoms. The van der Waals surface area contributed by atoms with Gasteiger partial charge in [-0.1, -0.05) is 19.6 Å². The van der Waals surface area contributed by atoms with Gasteiger partial charge in [-0.3, -0.25) is 0 Å². The number of carbonyl (C=O) groups is 1. The van der Waals surface area contributed by atoms with Gasteiger partial charge in [0, 0.05) is 39.8 Å². The number of aromatic nitrogens is 1. The molecule has 0 spiro atoms. The maximum atomic E-state index is 11.6. The Bertz CT molecular complexity index is 603. The van der Waals surface area contributed by atoms with E-state index in [-0.39, 0.29) is 24.3 Å². The number of rotatable bonds is 8. The Morgan fingerprint density at radius 1 is 1.42 bits per heavy atom. The second-order valence-corrected chi connectivity index (χ2v) is 13.2. The van der Waals surface area contributed by atoms with Crippen molar-refractivity contribution in [2.24, 2.45) is 0 Å². The van der Waals surface area contributed by atoms with Crippen LogP contribution in [0, 0.1) is 0 Å². The lowest BCUT2D eigenvalue weighted by Crippen LogP contribution is -2.34. The van der Waals surface area contributed by atoms with Crippen LogP contribution in [0.4, 0.5) is 16.3 Å². The molecule has 1 saturated heterocycles. The molecule has 8 nitrogen and oxygen atoms in total. The van der Waals surface area contributed by atoms with Gasteiger partial charge in [0.25, 0.3) is 0 Å². The van der Waals surface area contributed by atoms with Crippen molar-refractivity contribution >= 4 is 25.7 Å². The van der Waals surface area contributed by atoms with Crippen LogP contribution in [0.25, 0.3) is 0 Å². The van der Waals surface area contributed by atoms with Gasteiger partial charge in [0.05, 0.1) is 13.2 Å². The number of amides is 1. The smallest absolute Gasteiger partial charge is 0.415 e. The Morgan fingerprint density at radius 2 is 2.12 bits per heavy atom. The summed E-state index contributed by atoms with van der Waals surface area (Å²) in [5.41, 5.74) is 6.34. The van der Waals surface area contributed by atoms with Gasteiger partial charge in [0.1, 0.15) is 24.3 Å². The fraction of sp³-hybridized carbons (Fsp3) is 0.647. The molecule has 2 rings (SSSR count). The number of ether oxygens (including phenoxy) is 3. The van der Waals surface area contributed by atoms with Crippen LogP contribution in [-0.4, -0.2) is 56.9 Å². The number of hydrogen-bond donors (Lipinski definition) is 2. The SMILES string of the molecule is C[Si](C)(C)CCOCN(C(=O)O)c1nccc(OC2CCOCC2)c1N. The van der Waals surface area contributed by atoms with E-state index < -0.39 is 14.2 Å². The molecule has 0 saturated carbocycles. The monoisotopic (exact) mass is 383 g/mol. The lowest BCUT2D eigenvalue weighted by Gasteiger charge is -2.26. The van der Waals surface area contributed by atoms with Crippen molar-refractivity contribution in [3.8, 4) is 5.75 Å². The third-order valence-electron chi connectivity index (χ3n) is 4.09. The van der Waals surface area contributed by atoms with Crippen LogP contribution in [0.5, 0.6) is 5.75 Å². The van der Waals surface area contributed by atoms with Gasteiger partial charge >= 0.3 is 6.09 Å². The molecular formula is C17H29N3O5Si. The van der Waals surface area contributed by atoms with Crippen LogP contribution in [-0.2, 0) is 9.47 Å². The Morgan fingerprint density at radius 3 is 2.73 bits per heavy atom. The normalized spacial score (nSPS) is 15.7. The van der Waals surface area contributed by atoms with Gasteiger partial charge in [-0.15, -0.1) is 0 Å². The van der Waals surface area contributed by atoms with Crippen LogP contribution in [0.3, 0.4) is 0 Å². The summed E-state index contributed by atoms with van der Waals surface area (Å²) < 4.78 is 16.8. The molecule has 0 aliphatic carbocycles. The molecule has 1 aliphatic rings. The summed E-state index contributed by atoms with van der Waals surface area (Å²) >= 11 is 0. The molecule has 2 heterocycles. The predicted octanol–water partition coefficient (Wildman–Crippen LogP) is 3.02. The van der Waals surface area contributed by atoms with Crippen LogP contribution in [0.2, 0.25) is 25.7 Å². The van der Waals surface area contributed by atoms with Crippen molar-refractivity contribution < 1.29 is 24.1 Å². The molecular weight excluding hydrogens is 354 g/mol. The summed E-state index contributed by atoms with van der Waals surface area (Å²) in [4.78, 5) is 16.8. The number of carboxylic acid groups (broad SMARTS) is 1. The molecule has 1 aliphatic heterocycles. The van der Waals surface area contributed by atoms with E-state index in [0.29, 0.717) is 25.6 Å². The van der Waals surface area contributed by atoms with Crippen molar-refractivity contribution in [1.29, 1.82) is 0 Å². The van der Waals surface area contributed by atoms with Gasteiger partial charge in [-0.25, -0.2) is 14.7 Å². The van der Waals surface area contributed by atoms with Crippen LogP contribution >= 0.6 is 0 Å². The largest absolute Gasteiger partial charge is 0.488 e. The van der Waals surface area contributed by atoms with E-state index in [1.807, 2.05) is 0 Å². The minimum atomic E-state index is -1.24. The average molecular weight is 384 g/mol. The summed E-state index contributed by atoms with van der Waals surface area (Å²) in [6.45, 7) is 8.41. The number of anilines is 2. The fourth-order valence-electron chi connectivity index (χ4n) is 2.48. The van der Waals surface area contributed by atoms with Gasteiger partial charge < -0.3 is 25.1 Å². The molecule has 0 atom stereocenters. The highest BCUT2D eigenvalue weighted by molar-refractivity contribution is 6.76. The quantitative estimate of drug-likeness (QED) is 0.403. The second kappa shape index (κ2) is 9.20. The van der Waals surface area contributed by atoms with Gasteiger partial charge in [-0.05, 0) is 6.04 Å². The molecule has 26 heavy (non-hydrogen) atoms. The van der Waals surface area contributed by atoms with E-state index in [4.69, 9.17) is 19.9 Å². The average Bonchev–Trinajstić information content (AvgIpc) is 2.57. The molecule has 146 valence electrons. The van der Waals surface area contributed by atoms with E-state index in [9.17, 15) is 9.90 Å². The first-order chi connectivity index (χ1) is 12.3. The van der Waals surface area contributed by atoms with E-state index >= 15 is 0 Å². The van der Waals surface area contributed by atoms with E-state index in [1.54, 1.807) is 6.07 Å². The topological polar surface area (TPSA) is 107 Å². The van der Waals surface area contributed by atoms with Crippen LogP contribution in [0.15, 0.2) is 12.3 Å². The lowest BCUT2D eigenvalue weighted by molar-refractivity contribution is 0.0258. The standard InChI is InChI=1S/C17H29N3O5Si/c1-26(2,3)11-10-24-12-20(17(21)22)16-15(18)14(4-7-19-16)25-13-5-8-23-9-6-13/h4,7,13H,5-6,8-12,18H2,1-3H3,(H,21,22). The molecule has 0 unspecified atom stereocenters. The third kappa shape index (κ3) is 6.15. The van der Waals surface area contributed by atoms with E-state index in [1.165, 1.54) is 6.20 Å². The van der Waals surface area contributed by atoms with Crippen molar-refractivity contribution in [2.45, 2.75) is 44.6 Å².